The average Bonchev–Trinajstić information content (AvgIpc) is 3.58. The number of nitrogens with zero attached hydrogens (tertiary/aromatic N) is 5. The highest BCUT2D eigenvalue weighted by Crippen LogP contribution is 2.33. The molecule has 3 amide bonds. The fourth-order valence-corrected chi connectivity index (χ4v) is 4.95. The second-order valence-corrected chi connectivity index (χ2v) is 10.5. The predicted octanol–water partition coefficient (Wildman–Crippen LogP) is -1.61. The van der Waals surface area contributed by atoms with Crippen molar-refractivity contribution in [2.75, 3.05) is 25.4 Å². The third kappa shape index (κ3) is 5.12. The molecule has 40 heavy (non-hydrogen) atoms. The summed E-state index contributed by atoms with van der Waals surface area (Å²) in [5.41, 5.74) is 6.63. The number of fused-ring (bicyclic) bond motifs is 1. The monoisotopic (exact) mass is 554 g/mol. The van der Waals surface area contributed by atoms with Gasteiger partial charge in [0.25, 0.3) is 11.8 Å². The molecular formula is C25H30N8O7. The van der Waals surface area contributed by atoms with Crippen molar-refractivity contribution in [2.24, 2.45) is 5.92 Å². The minimum atomic E-state index is -1.43. The number of aliphatic hydroxyl groups excluding tert-OH is 2. The molecule has 0 bridgehead atoms. The third-order valence-electron chi connectivity index (χ3n) is 7.60. The first-order valence-electron chi connectivity index (χ1n) is 13.3. The summed E-state index contributed by atoms with van der Waals surface area (Å²) in [6.07, 6.45) is -1.18. The smallest absolute Gasteiger partial charge is 0.410 e. The summed E-state index contributed by atoms with van der Waals surface area (Å²) in [6.45, 7) is 1.39. The first-order chi connectivity index (χ1) is 19.3. The summed E-state index contributed by atoms with van der Waals surface area (Å²) < 4.78 is 12.4. The van der Waals surface area contributed by atoms with E-state index in [1.807, 2.05) is 0 Å². The van der Waals surface area contributed by atoms with E-state index in [0.29, 0.717) is 26.1 Å². The quantitative estimate of drug-likeness (QED) is 0.210. The minimum Gasteiger partial charge on any atom is -0.434 e. The van der Waals surface area contributed by atoms with E-state index in [4.69, 9.17) is 15.2 Å². The van der Waals surface area contributed by atoms with Gasteiger partial charge >= 0.3 is 6.09 Å². The molecule has 4 fully saturated rings. The summed E-state index contributed by atoms with van der Waals surface area (Å²) in [5, 5.41) is 26.4. The van der Waals surface area contributed by atoms with Crippen LogP contribution in [0.2, 0.25) is 0 Å². The fraction of sp³-hybridized carbons (Fsp3) is 0.600. The number of aromatic nitrogens is 4. The Balaban J connectivity index is 1.09. The van der Waals surface area contributed by atoms with Crippen LogP contribution in [-0.4, -0.2) is 103 Å². The second kappa shape index (κ2) is 10.5. The molecule has 0 radical (unpaired) electrons. The molecule has 2 aromatic rings. The van der Waals surface area contributed by atoms with Crippen LogP contribution in [0.4, 0.5) is 10.6 Å². The zero-order valence-electron chi connectivity index (χ0n) is 21.5. The number of nitrogens with two attached hydrogens (primary N) is 1. The highest BCUT2D eigenvalue weighted by atomic mass is 16.6. The number of rotatable bonds is 5. The molecule has 0 aromatic carbocycles. The van der Waals surface area contributed by atoms with Gasteiger partial charge in [0.05, 0.1) is 12.9 Å². The van der Waals surface area contributed by atoms with Gasteiger partial charge in [-0.2, -0.15) is 0 Å². The lowest BCUT2D eigenvalue weighted by Gasteiger charge is -2.33. The summed E-state index contributed by atoms with van der Waals surface area (Å²) in [7, 11) is 0. The van der Waals surface area contributed by atoms with Gasteiger partial charge in [-0.15, -0.1) is 0 Å². The molecular weight excluding hydrogens is 524 g/mol. The maximum atomic E-state index is 12.5. The number of aliphatic hydroxyl groups is 2. The third-order valence-corrected chi connectivity index (χ3v) is 7.60. The van der Waals surface area contributed by atoms with Crippen molar-refractivity contribution in [3.05, 3.63) is 12.2 Å². The SMILES string of the molecule is Nc1nc(C#CCC2CCN(C(=O)OC3CNC3=O)CC2)nc2c1ncn2[C@@H]1O[C@H](C(=O)NC2CC2)C(O)[C@@H]1O. The standard InChI is InChI=1S/C25H30N8O7/c26-20-16-21(33(11-28-16)24-18(35)17(34)19(40-24)23(37)29-13-4-5-13)31-15(30-20)3-1-2-12-6-8-32(9-7-12)25(38)39-14-10-27-22(14)36/h11-14,17-19,24,34-35H,2,4-10H2,(H,27,36)(H,29,37)(H2,26,30,31)/t14?,17?,18-,19-,24+/m0/s1. The van der Waals surface area contributed by atoms with Crippen LogP contribution < -0.4 is 16.4 Å². The van der Waals surface area contributed by atoms with E-state index in [-0.39, 0.29) is 40.7 Å². The number of hydrogen-bond acceptors (Lipinski definition) is 11. The van der Waals surface area contributed by atoms with Crippen molar-refractivity contribution in [1.82, 2.24) is 35.1 Å². The van der Waals surface area contributed by atoms with Gasteiger partial charge in [-0.05, 0) is 37.5 Å². The van der Waals surface area contributed by atoms with Gasteiger partial charge in [0.15, 0.2) is 29.9 Å². The Hall–Kier alpha value is -4.00. The number of nitrogens with one attached hydrogen (secondary N) is 2. The summed E-state index contributed by atoms with van der Waals surface area (Å²) in [5.74, 6) is 5.78. The Morgan fingerprint density at radius 2 is 1.98 bits per heavy atom. The van der Waals surface area contributed by atoms with E-state index in [2.05, 4.69) is 37.4 Å². The molecule has 15 nitrogen and oxygen atoms in total. The number of nitrogen functional groups attached to an aromatic ring is 1. The highest BCUT2D eigenvalue weighted by molar-refractivity contribution is 5.88. The van der Waals surface area contributed by atoms with E-state index in [9.17, 15) is 24.6 Å². The van der Waals surface area contributed by atoms with Crippen LogP contribution in [0, 0.1) is 17.8 Å². The van der Waals surface area contributed by atoms with Gasteiger partial charge in [0.2, 0.25) is 5.82 Å². The maximum absolute atomic E-state index is 12.5. The molecule has 3 saturated heterocycles. The van der Waals surface area contributed by atoms with Crippen LogP contribution in [0.25, 0.3) is 11.2 Å². The van der Waals surface area contributed by atoms with Crippen molar-refractivity contribution in [3.63, 3.8) is 0 Å². The molecule has 6 rings (SSSR count). The lowest BCUT2D eigenvalue weighted by molar-refractivity contribution is -0.138. The molecule has 2 aromatic heterocycles. The van der Waals surface area contributed by atoms with Crippen molar-refractivity contribution in [2.45, 2.75) is 68.8 Å². The number of hydrogen-bond donors (Lipinski definition) is 5. The molecule has 2 unspecified atom stereocenters. The second-order valence-electron chi connectivity index (χ2n) is 10.5. The van der Waals surface area contributed by atoms with E-state index in [0.717, 1.165) is 25.7 Å². The van der Waals surface area contributed by atoms with Crippen LogP contribution in [0.3, 0.4) is 0 Å². The number of ether oxygens (including phenoxy) is 2. The Labute approximate surface area is 228 Å². The van der Waals surface area contributed by atoms with Gasteiger partial charge in [-0.1, -0.05) is 5.92 Å². The number of carbonyl (C=O) groups excluding carboxylic acids is 3. The fourth-order valence-electron chi connectivity index (χ4n) is 4.95. The highest BCUT2D eigenvalue weighted by Gasteiger charge is 2.48. The number of imidazole rings is 1. The zero-order valence-corrected chi connectivity index (χ0v) is 21.5. The number of likely N-dealkylation sites (tertiary alicyclic amines) is 1. The summed E-state index contributed by atoms with van der Waals surface area (Å²) in [4.78, 5) is 50.5. The molecule has 4 aliphatic rings. The first kappa shape index (κ1) is 26.2. The molecule has 5 atom stereocenters. The van der Waals surface area contributed by atoms with E-state index < -0.39 is 42.6 Å². The molecule has 212 valence electrons. The number of amides is 3. The van der Waals surface area contributed by atoms with Gasteiger partial charge in [-0.3, -0.25) is 14.2 Å². The van der Waals surface area contributed by atoms with Crippen LogP contribution in [-0.2, 0) is 19.1 Å². The minimum absolute atomic E-state index is 0.0768. The Bertz CT molecular complexity index is 1390. The van der Waals surface area contributed by atoms with Gasteiger partial charge in [-0.25, -0.2) is 19.7 Å². The van der Waals surface area contributed by atoms with Gasteiger partial charge < -0.3 is 41.0 Å². The Morgan fingerprint density at radius 1 is 1.20 bits per heavy atom. The van der Waals surface area contributed by atoms with Crippen molar-refractivity contribution in [3.8, 4) is 11.8 Å². The molecule has 6 N–H and O–H groups in total. The Morgan fingerprint density at radius 3 is 2.65 bits per heavy atom. The molecule has 15 heteroatoms. The average molecular weight is 555 g/mol. The molecule has 5 heterocycles. The number of anilines is 1. The maximum Gasteiger partial charge on any atom is 0.410 e. The van der Waals surface area contributed by atoms with Crippen molar-refractivity contribution >= 4 is 34.9 Å². The topological polar surface area (TPSA) is 207 Å². The van der Waals surface area contributed by atoms with E-state index in [1.165, 1.54) is 10.9 Å². The van der Waals surface area contributed by atoms with Crippen LogP contribution >= 0.6 is 0 Å². The predicted molar refractivity (Wildman–Crippen MR) is 136 cm³/mol. The van der Waals surface area contributed by atoms with Crippen LogP contribution in [0.15, 0.2) is 6.33 Å². The van der Waals surface area contributed by atoms with Gasteiger partial charge in [0, 0.05) is 25.6 Å². The summed E-state index contributed by atoms with van der Waals surface area (Å²) >= 11 is 0. The Kier molecular flexibility index (Phi) is 6.90. The van der Waals surface area contributed by atoms with Crippen LogP contribution in [0.1, 0.15) is 44.2 Å². The molecule has 1 aliphatic carbocycles. The normalized spacial score (nSPS) is 28.4. The molecule has 1 saturated carbocycles. The van der Waals surface area contributed by atoms with Gasteiger partial charge in [0.1, 0.15) is 17.7 Å². The van der Waals surface area contributed by atoms with E-state index >= 15 is 0 Å². The molecule has 3 aliphatic heterocycles. The van der Waals surface area contributed by atoms with Crippen molar-refractivity contribution in [1.29, 1.82) is 0 Å². The first-order valence-corrected chi connectivity index (χ1v) is 13.3. The number of carbonyl (C=O) groups is 3. The number of β-lactam (4-membered cyclic amide) rings is 1. The van der Waals surface area contributed by atoms with Crippen molar-refractivity contribution < 1.29 is 34.1 Å². The number of piperidine rings is 1. The molecule has 0 spiro atoms. The largest absolute Gasteiger partial charge is 0.434 e. The zero-order chi connectivity index (χ0) is 28.0. The van der Waals surface area contributed by atoms with E-state index in [1.54, 1.807) is 4.90 Å². The van der Waals surface area contributed by atoms with Crippen LogP contribution in [0.5, 0.6) is 0 Å². The lowest BCUT2D eigenvalue weighted by atomic mass is 9.94. The lowest BCUT2D eigenvalue weighted by Crippen LogP contribution is -2.56. The summed E-state index contributed by atoms with van der Waals surface area (Å²) in [6, 6.07) is 0.0768.